The Balaban J connectivity index is 2.35. The first-order valence-corrected chi connectivity index (χ1v) is 4.07. The molecule has 0 spiro atoms. The number of rotatable bonds is 1. The third-order valence-corrected chi connectivity index (χ3v) is 2.01. The lowest BCUT2D eigenvalue weighted by Crippen LogP contribution is -1.84. The summed E-state index contributed by atoms with van der Waals surface area (Å²) in [5, 5.41) is 0. The van der Waals surface area contributed by atoms with E-state index in [0.29, 0.717) is 10.4 Å². The quantitative estimate of drug-likeness (QED) is 0.557. The standard InChI is InChI=1S/C7H10Cl2/c8-7(9)5-6-3-1-2-4-6/h5-6H,1-4H2. The summed E-state index contributed by atoms with van der Waals surface area (Å²) in [6.07, 6.45) is 7.16. The smallest absolute Gasteiger partial charge is 0.0712 e. The minimum atomic E-state index is 0.432. The highest BCUT2D eigenvalue weighted by atomic mass is 35.5. The highest BCUT2D eigenvalue weighted by Gasteiger charge is 2.11. The molecule has 52 valence electrons. The Hall–Kier alpha value is 0.320. The van der Waals surface area contributed by atoms with Gasteiger partial charge in [-0.2, -0.15) is 0 Å². The average Bonchev–Trinajstić information content (AvgIpc) is 2.15. The SMILES string of the molecule is ClC(Cl)=CC1CCCC1. The van der Waals surface area contributed by atoms with Gasteiger partial charge in [0.05, 0.1) is 0 Å². The first kappa shape index (κ1) is 7.43. The monoisotopic (exact) mass is 164 g/mol. The molecular weight excluding hydrogens is 155 g/mol. The Labute approximate surface area is 65.8 Å². The van der Waals surface area contributed by atoms with E-state index in [4.69, 9.17) is 23.2 Å². The molecule has 1 aliphatic rings. The highest BCUT2D eigenvalue weighted by Crippen LogP contribution is 2.28. The minimum absolute atomic E-state index is 0.432. The molecule has 1 saturated carbocycles. The fourth-order valence-corrected chi connectivity index (χ4v) is 1.66. The molecule has 1 rings (SSSR count). The van der Waals surface area contributed by atoms with E-state index in [0.717, 1.165) is 0 Å². The topological polar surface area (TPSA) is 0 Å². The van der Waals surface area contributed by atoms with Crippen LogP contribution in [-0.4, -0.2) is 0 Å². The normalized spacial score (nSPS) is 20.2. The van der Waals surface area contributed by atoms with Crippen molar-refractivity contribution in [2.24, 2.45) is 5.92 Å². The van der Waals surface area contributed by atoms with Gasteiger partial charge in [0, 0.05) is 0 Å². The molecule has 0 aliphatic heterocycles. The van der Waals surface area contributed by atoms with Crippen LogP contribution in [0.2, 0.25) is 0 Å². The van der Waals surface area contributed by atoms with Crippen molar-refractivity contribution in [3.63, 3.8) is 0 Å². The number of hydrogen-bond acceptors (Lipinski definition) is 0. The largest absolute Gasteiger partial charge is 0.103 e. The lowest BCUT2D eigenvalue weighted by atomic mass is 10.1. The molecule has 0 atom stereocenters. The summed E-state index contributed by atoms with van der Waals surface area (Å²) in [6.45, 7) is 0. The molecule has 0 unspecified atom stereocenters. The van der Waals surface area contributed by atoms with E-state index in [1.54, 1.807) is 0 Å². The molecule has 9 heavy (non-hydrogen) atoms. The van der Waals surface area contributed by atoms with Crippen LogP contribution in [0.15, 0.2) is 10.6 Å². The molecule has 1 fully saturated rings. The maximum Gasteiger partial charge on any atom is 0.103 e. The second-order valence-corrected chi connectivity index (χ2v) is 3.51. The lowest BCUT2D eigenvalue weighted by Gasteiger charge is -1.97. The third kappa shape index (κ3) is 2.59. The van der Waals surface area contributed by atoms with Gasteiger partial charge in [0.25, 0.3) is 0 Å². The van der Waals surface area contributed by atoms with Gasteiger partial charge in [-0.1, -0.05) is 42.1 Å². The minimum Gasteiger partial charge on any atom is -0.0712 e. The first-order chi connectivity index (χ1) is 4.29. The maximum atomic E-state index is 5.48. The maximum absolute atomic E-state index is 5.48. The Morgan fingerprint density at radius 1 is 1.22 bits per heavy atom. The van der Waals surface area contributed by atoms with Gasteiger partial charge in [-0.05, 0) is 18.8 Å². The van der Waals surface area contributed by atoms with Crippen LogP contribution in [0.1, 0.15) is 25.7 Å². The van der Waals surface area contributed by atoms with E-state index < -0.39 is 0 Å². The van der Waals surface area contributed by atoms with Gasteiger partial charge in [0.15, 0.2) is 0 Å². The van der Waals surface area contributed by atoms with Gasteiger partial charge >= 0.3 is 0 Å². The predicted molar refractivity (Wildman–Crippen MR) is 41.7 cm³/mol. The fraction of sp³-hybridized carbons (Fsp3) is 0.714. The Morgan fingerprint density at radius 2 is 1.78 bits per heavy atom. The summed E-state index contributed by atoms with van der Waals surface area (Å²) >= 11 is 11.0. The van der Waals surface area contributed by atoms with Crippen LogP contribution in [0.25, 0.3) is 0 Å². The van der Waals surface area contributed by atoms with Gasteiger partial charge in [-0.15, -0.1) is 0 Å². The lowest BCUT2D eigenvalue weighted by molar-refractivity contribution is 0.686. The zero-order valence-electron chi connectivity index (χ0n) is 5.24. The summed E-state index contributed by atoms with van der Waals surface area (Å²) in [6, 6.07) is 0. The second-order valence-electron chi connectivity index (χ2n) is 2.50. The van der Waals surface area contributed by atoms with Crippen molar-refractivity contribution in [1.82, 2.24) is 0 Å². The van der Waals surface area contributed by atoms with Crippen molar-refractivity contribution >= 4 is 23.2 Å². The van der Waals surface area contributed by atoms with Crippen molar-refractivity contribution in [3.05, 3.63) is 10.6 Å². The molecular formula is C7H10Cl2. The average molecular weight is 165 g/mol. The van der Waals surface area contributed by atoms with Gasteiger partial charge in [0.2, 0.25) is 0 Å². The second kappa shape index (κ2) is 3.48. The Morgan fingerprint density at radius 3 is 2.22 bits per heavy atom. The third-order valence-electron chi connectivity index (χ3n) is 1.76. The fourth-order valence-electron chi connectivity index (χ4n) is 1.30. The van der Waals surface area contributed by atoms with E-state index in [9.17, 15) is 0 Å². The highest BCUT2D eigenvalue weighted by molar-refractivity contribution is 6.55. The molecule has 0 aromatic carbocycles. The van der Waals surface area contributed by atoms with E-state index in [-0.39, 0.29) is 0 Å². The van der Waals surface area contributed by atoms with Crippen molar-refractivity contribution in [1.29, 1.82) is 0 Å². The number of allylic oxidation sites excluding steroid dienone is 1. The zero-order valence-corrected chi connectivity index (χ0v) is 6.75. The van der Waals surface area contributed by atoms with Crippen LogP contribution in [0.4, 0.5) is 0 Å². The molecule has 1 aliphatic carbocycles. The van der Waals surface area contributed by atoms with Crippen LogP contribution in [0, 0.1) is 5.92 Å². The van der Waals surface area contributed by atoms with E-state index in [1.807, 2.05) is 6.08 Å². The van der Waals surface area contributed by atoms with Gasteiger partial charge in [0.1, 0.15) is 4.49 Å². The Bertz CT molecular complexity index is 108. The summed E-state index contributed by atoms with van der Waals surface area (Å²) < 4.78 is 0.432. The van der Waals surface area contributed by atoms with Crippen molar-refractivity contribution < 1.29 is 0 Å². The zero-order chi connectivity index (χ0) is 6.69. The summed E-state index contributed by atoms with van der Waals surface area (Å²) in [4.78, 5) is 0. The summed E-state index contributed by atoms with van der Waals surface area (Å²) in [5.74, 6) is 0.662. The molecule has 0 amide bonds. The molecule has 0 N–H and O–H groups in total. The molecule has 2 heteroatoms. The summed E-state index contributed by atoms with van der Waals surface area (Å²) in [7, 11) is 0. The van der Waals surface area contributed by atoms with Crippen molar-refractivity contribution in [3.8, 4) is 0 Å². The predicted octanol–water partition coefficient (Wildman–Crippen LogP) is 3.50. The molecule has 0 nitrogen and oxygen atoms in total. The molecule has 0 radical (unpaired) electrons. The molecule has 0 saturated heterocycles. The molecule has 0 aromatic heterocycles. The van der Waals surface area contributed by atoms with Crippen LogP contribution < -0.4 is 0 Å². The van der Waals surface area contributed by atoms with Gasteiger partial charge in [-0.25, -0.2) is 0 Å². The number of hydrogen-bond donors (Lipinski definition) is 0. The van der Waals surface area contributed by atoms with E-state index in [1.165, 1.54) is 25.7 Å². The van der Waals surface area contributed by atoms with Gasteiger partial charge < -0.3 is 0 Å². The van der Waals surface area contributed by atoms with Crippen LogP contribution in [0.3, 0.4) is 0 Å². The van der Waals surface area contributed by atoms with Crippen LogP contribution >= 0.6 is 23.2 Å². The van der Waals surface area contributed by atoms with Crippen LogP contribution in [0.5, 0.6) is 0 Å². The first-order valence-electron chi connectivity index (χ1n) is 3.32. The molecule has 0 bridgehead atoms. The van der Waals surface area contributed by atoms with E-state index >= 15 is 0 Å². The summed E-state index contributed by atoms with van der Waals surface area (Å²) in [5.41, 5.74) is 0. The Kier molecular flexibility index (Phi) is 2.87. The number of halogens is 2. The van der Waals surface area contributed by atoms with Gasteiger partial charge in [-0.3, -0.25) is 0 Å². The van der Waals surface area contributed by atoms with Crippen molar-refractivity contribution in [2.75, 3.05) is 0 Å². The molecule has 0 heterocycles. The van der Waals surface area contributed by atoms with E-state index in [2.05, 4.69) is 0 Å². The molecule has 0 aromatic rings. The van der Waals surface area contributed by atoms with Crippen molar-refractivity contribution in [2.45, 2.75) is 25.7 Å². The van der Waals surface area contributed by atoms with Crippen LogP contribution in [-0.2, 0) is 0 Å².